The number of hydrogen-bond acceptors (Lipinski definition) is 2. The quantitative estimate of drug-likeness (QED) is 0.565. The van der Waals surface area contributed by atoms with Crippen LogP contribution in [-0.2, 0) is 10.8 Å². The van der Waals surface area contributed by atoms with E-state index >= 15 is 0 Å². The van der Waals surface area contributed by atoms with Crippen LogP contribution in [0.2, 0.25) is 0 Å². The molecule has 1 rings (SSSR count). The Balaban J connectivity index is 2.57. The summed E-state index contributed by atoms with van der Waals surface area (Å²) in [6, 6.07) is 8.92. The fourth-order valence-corrected chi connectivity index (χ4v) is 2.29. The number of Topliss-reactive ketones (excluding diaryl/α,β-unsaturated/α-hetero) is 1. The molecule has 0 N–H and O–H groups in total. The van der Waals surface area contributed by atoms with Crippen LogP contribution in [0, 0.1) is 0 Å². The van der Waals surface area contributed by atoms with Gasteiger partial charge in [-0.2, -0.15) is 0 Å². The Bertz CT molecular complexity index is 382. The van der Waals surface area contributed by atoms with Gasteiger partial charge in [0.05, 0.1) is 5.75 Å². The molecule has 0 unspecified atom stereocenters. The van der Waals surface area contributed by atoms with E-state index < -0.39 is 10.8 Å². The van der Waals surface area contributed by atoms with Crippen LogP contribution in [0.1, 0.15) is 17.3 Å². The number of carbonyl (C=O) groups is 1. The normalized spacial score (nSPS) is 12.1. The Labute approximate surface area is 92.5 Å². The largest absolute Gasteiger partial charge is 0.293 e. The summed E-state index contributed by atoms with van der Waals surface area (Å²) < 4.78 is 11.5. The van der Waals surface area contributed by atoms with Crippen molar-refractivity contribution in [2.24, 2.45) is 0 Å². The topological polar surface area (TPSA) is 34.1 Å². The Morgan fingerprint density at radius 3 is 2.40 bits per heavy atom. The predicted octanol–water partition coefficient (Wildman–Crippen LogP) is 2.19. The average Bonchev–Trinajstić information content (AvgIpc) is 2.17. The Hall–Kier alpha value is -1.22. The van der Waals surface area contributed by atoms with Crippen LogP contribution in [0.25, 0.3) is 0 Å². The van der Waals surface area contributed by atoms with E-state index in [0.717, 1.165) is 5.57 Å². The van der Waals surface area contributed by atoms with E-state index in [4.69, 9.17) is 0 Å². The second-order valence-corrected chi connectivity index (χ2v) is 4.93. The summed E-state index contributed by atoms with van der Waals surface area (Å²) in [6.07, 6.45) is 0. The molecule has 0 heterocycles. The van der Waals surface area contributed by atoms with Gasteiger partial charge in [0.25, 0.3) is 0 Å². The minimum Gasteiger partial charge on any atom is -0.293 e. The van der Waals surface area contributed by atoms with Crippen LogP contribution in [0.15, 0.2) is 42.5 Å². The van der Waals surface area contributed by atoms with E-state index in [2.05, 4.69) is 6.58 Å². The highest BCUT2D eigenvalue weighted by molar-refractivity contribution is 7.85. The highest BCUT2D eigenvalue weighted by Crippen LogP contribution is 2.02. The Morgan fingerprint density at radius 2 is 1.87 bits per heavy atom. The minimum atomic E-state index is -1.13. The summed E-state index contributed by atoms with van der Waals surface area (Å²) in [4.78, 5) is 11.6. The second-order valence-electron chi connectivity index (χ2n) is 3.47. The lowest BCUT2D eigenvalue weighted by Gasteiger charge is -2.01. The van der Waals surface area contributed by atoms with Crippen LogP contribution >= 0.6 is 0 Å². The lowest BCUT2D eigenvalue weighted by molar-refractivity contribution is 0.102. The van der Waals surface area contributed by atoms with Gasteiger partial charge in [-0.15, -0.1) is 0 Å². The van der Waals surface area contributed by atoms with Crippen LogP contribution in [0.4, 0.5) is 0 Å². The molecule has 0 amide bonds. The monoisotopic (exact) mass is 222 g/mol. The van der Waals surface area contributed by atoms with Gasteiger partial charge in [-0.05, 0) is 6.92 Å². The van der Waals surface area contributed by atoms with Crippen molar-refractivity contribution >= 4 is 16.6 Å². The van der Waals surface area contributed by atoms with Gasteiger partial charge in [0, 0.05) is 22.1 Å². The van der Waals surface area contributed by atoms with Crippen molar-refractivity contribution < 1.29 is 9.00 Å². The van der Waals surface area contributed by atoms with Crippen LogP contribution in [-0.4, -0.2) is 21.5 Å². The third kappa shape index (κ3) is 4.21. The van der Waals surface area contributed by atoms with Gasteiger partial charge in [-0.3, -0.25) is 9.00 Å². The summed E-state index contributed by atoms with van der Waals surface area (Å²) in [5.74, 6) is 0.408. The van der Waals surface area contributed by atoms with Crippen molar-refractivity contribution in [3.8, 4) is 0 Å². The fourth-order valence-electron chi connectivity index (χ4n) is 1.18. The van der Waals surface area contributed by atoms with Crippen molar-refractivity contribution in [1.29, 1.82) is 0 Å². The zero-order valence-electron chi connectivity index (χ0n) is 8.73. The van der Waals surface area contributed by atoms with E-state index in [9.17, 15) is 9.00 Å². The minimum absolute atomic E-state index is 0.0739. The van der Waals surface area contributed by atoms with Gasteiger partial charge in [0.1, 0.15) is 0 Å². The summed E-state index contributed by atoms with van der Waals surface area (Å²) in [7, 11) is -1.13. The third-order valence-electron chi connectivity index (χ3n) is 1.80. The van der Waals surface area contributed by atoms with E-state index in [1.54, 1.807) is 24.3 Å². The lowest BCUT2D eigenvalue weighted by Crippen LogP contribution is -2.13. The molecule has 0 saturated carbocycles. The van der Waals surface area contributed by atoms with Crippen molar-refractivity contribution in [3.05, 3.63) is 48.0 Å². The summed E-state index contributed by atoms with van der Waals surface area (Å²) in [5.41, 5.74) is 1.46. The van der Waals surface area contributed by atoms with E-state index in [1.807, 2.05) is 13.0 Å². The summed E-state index contributed by atoms with van der Waals surface area (Å²) in [5, 5.41) is 0. The second kappa shape index (κ2) is 5.61. The number of hydrogen-bond donors (Lipinski definition) is 0. The van der Waals surface area contributed by atoms with E-state index in [-0.39, 0.29) is 11.5 Å². The molecule has 1 aromatic carbocycles. The van der Waals surface area contributed by atoms with E-state index in [1.165, 1.54) is 0 Å². The summed E-state index contributed by atoms with van der Waals surface area (Å²) in [6.45, 7) is 5.48. The number of ketones is 1. The first kappa shape index (κ1) is 11.9. The highest BCUT2D eigenvalue weighted by Gasteiger charge is 2.09. The molecule has 0 saturated heterocycles. The van der Waals surface area contributed by atoms with Gasteiger partial charge >= 0.3 is 0 Å². The standard InChI is InChI=1S/C12H14O2S/c1-10(2)8-15(14)9-12(13)11-6-4-3-5-7-11/h3-7H,1,8-9H2,2H3/t15-/m1/s1. The zero-order valence-corrected chi connectivity index (χ0v) is 9.55. The molecule has 0 aliphatic carbocycles. The van der Waals surface area contributed by atoms with Crippen molar-refractivity contribution in [2.45, 2.75) is 6.92 Å². The Morgan fingerprint density at radius 1 is 1.27 bits per heavy atom. The molecule has 0 aliphatic heterocycles. The maximum Gasteiger partial charge on any atom is 0.175 e. The number of benzene rings is 1. The van der Waals surface area contributed by atoms with Crippen LogP contribution in [0.3, 0.4) is 0 Å². The molecule has 0 aliphatic rings. The lowest BCUT2D eigenvalue weighted by atomic mass is 10.2. The smallest absolute Gasteiger partial charge is 0.175 e. The Kier molecular flexibility index (Phi) is 4.43. The van der Waals surface area contributed by atoms with E-state index in [0.29, 0.717) is 11.3 Å². The molecular formula is C12H14O2S. The van der Waals surface area contributed by atoms with Gasteiger partial charge in [0.15, 0.2) is 5.78 Å². The molecule has 3 heteroatoms. The molecule has 80 valence electrons. The maximum atomic E-state index is 11.6. The van der Waals surface area contributed by atoms with Crippen LogP contribution < -0.4 is 0 Å². The molecule has 0 spiro atoms. The highest BCUT2D eigenvalue weighted by atomic mass is 32.2. The molecule has 0 bridgehead atoms. The molecule has 15 heavy (non-hydrogen) atoms. The predicted molar refractivity (Wildman–Crippen MR) is 63.5 cm³/mol. The third-order valence-corrected chi connectivity index (χ3v) is 3.19. The van der Waals surface area contributed by atoms with Crippen LogP contribution in [0.5, 0.6) is 0 Å². The SMILES string of the molecule is C=C(C)C[S@@](=O)CC(=O)c1ccccc1. The maximum absolute atomic E-state index is 11.6. The molecule has 1 atom stereocenters. The fraction of sp³-hybridized carbons (Fsp3) is 0.250. The first-order valence-corrected chi connectivity index (χ1v) is 6.16. The average molecular weight is 222 g/mol. The van der Waals surface area contributed by atoms with Gasteiger partial charge in [-0.25, -0.2) is 0 Å². The molecular weight excluding hydrogens is 208 g/mol. The van der Waals surface area contributed by atoms with Gasteiger partial charge in [-0.1, -0.05) is 42.5 Å². The molecule has 2 nitrogen and oxygen atoms in total. The first-order chi connectivity index (χ1) is 7.09. The van der Waals surface area contributed by atoms with Crippen molar-refractivity contribution in [1.82, 2.24) is 0 Å². The molecule has 0 radical (unpaired) electrons. The molecule has 0 aromatic heterocycles. The zero-order chi connectivity index (χ0) is 11.3. The van der Waals surface area contributed by atoms with Crippen molar-refractivity contribution in [3.63, 3.8) is 0 Å². The summed E-state index contributed by atoms with van der Waals surface area (Å²) >= 11 is 0. The van der Waals surface area contributed by atoms with Gasteiger partial charge < -0.3 is 0 Å². The molecule has 0 fully saturated rings. The number of carbonyl (C=O) groups excluding carboxylic acids is 1. The van der Waals surface area contributed by atoms with Gasteiger partial charge in [0.2, 0.25) is 0 Å². The number of rotatable bonds is 5. The molecule has 1 aromatic rings. The first-order valence-electron chi connectivity index (χ1n) is 4.67. The van der Waals surface area contributed by atoms with Crippen molar-refractivity contribution in [2.75, 3.05) is 11.5 Å².